The van der Waals surface area contributed by atoms with Crippen molar-refractivity contribution in [2.24, 2.45) is 0 Å². The first-order chi connectivity index (χ1) is 12.9. The summed E-state index contributed by atoms with van der Waals surface area (Å²) in [7, 11) is 0. The predicted octanol–water partition coefficient (Wildman–Crippen LogP) is 3.07. The van der Waals surface area contributed by atoms with Gasteiger partial charge >= 0.3 is 0 Å². The normalized spacial score (nSPS) is 11.6. The van der Waals surface area contributed by atoms with Crippen LogP contribution in [0.3, 0.4) is 0 Å². The van der Waals surface area contributed by atoms with E-state index in [-0.39, 0.29) is 24.8 Å². The molecule has 2 rings (SSSR count). The molecule has 27 heavy (non-hydrogen) atoms. The Labute approximate surface area is 159 Å². The van der Waals surface area contributed by atoms with Crippen molar-refractivity contribution < 1.29 is 18.7 Å². The van der Waals surface area contributed by atoms with E-state index in [4.69, 9.17) is 4.74 Å². The Kier molecular flexibility index (Phi) is 7.34. The molecule has 0 saturated carbocycles. The first kappa shape index (κ1) is 20.4. The van der Waals surface area contributed by atoms with Crippen molar-refractivity contribution >= 4 is 11.8 Å². The summed E-state index contributed by atoms with van der Waals surface area (Å²) in [5.41, 5.74) is 1.97. The summed E-state index contributed by atoms with van der Waals surface area (Å²) < 4.78 is 19.0. The fourth-order valence-corrected chi connectivity index (χ4v) is 2.70. The molecule has 2 amide bonds. The maximum Gasteiger partial charge on any atom is 0.261 e. The Morgan fingerprint density at radius 2 is 1.93 bits per heavy atom. The highest BCUT2D eigenvalue weighted by Crippen LogP contribution is 2.16. The summed E-state index contributed by atoms with van der Waals surface area (Å²) in [4.78, 5) is 26.5. The average Bonchev–Trinajstić information content (AvgIpc) is 2.65. The van der Waals surface area contributed by atoms with Crippen LogP contribution in [0.2, 0.25) is 0 Å². The van der Waals surface area contributed by atoms with Crippen LogP contribution in [0.1, 0.15) is 25.0 Å². The van der Waals surface area contributed by atoms with Crippen molar-refractivity contribution in [1.29, 1.82) is 0 Å². The lowest BCUT2D eigenvalue weighted by Crippen LogP contribution is -2.49. The smallest absolute Gasteiger partial charge is 0.261 e. The summed E-state index contributed by atoms with van der Waals surface area (Å²) in [5, 5.41) is 2.73. The molecule has 0 unspecified atom stereocenters. The minimum Gasteiger partial charge on any atom is -0.481 e. The van der Waals surface area contributed by atoms with Crippen molar-refractivity contribution in [3.8, 4) is 5.75 Å². The van der Waals surface area contributed by atoms with E-state index in [1.54, 1.807) is 19.1 Å². The lowest BCUT2D eigenvalue weighted by Gasteiger charge is -2.28. The molecule has 2 aromatic rings. The largest absolute Gasteiger partial charge is 0.481 e. The van der Waals surface area contributed by atoms with Crippen molar-refractivity contribution in [3.05, 3.63) is 65.5 Å². The van der Waals surface area contributed by atoms with Crippen LogP contribution in [0.5, 0.6) is 5.75 Å². The number of ether oxygens (including phenoxy) is 1. The summed E-state index contributed by atoms with van der Waals surface area (Å²) >= 11 is 0. The van der Waals surface area contributed by atoms with Crippen molar-refractivity contribution in [3.63, 3.8) is 0 Å². The number of carbonyl (C=O) groups excluding carboxylic acids is 2. The monoisotopic (exact) mass is 372 g/mol. The third-order valence-electron chi connectivity index (χ3n) is 4.14. The minimum absolute atomic E-state index is 0.00650. The summed E-state index contributed by atoms with van der Waals surface area (Å²) in [6.45, 7) is 5.84. The van der Waals surface area contributed by atoms with Gasteiger partial charge in [-0.3, -0.25) is 9.59 Å². The molecular formula is C21H25FN2O3. The number of para-hydroxylation sites is 1. The Balaban J connectivity index is 2.15. The van der Waals surface area contributed by atoms with Gasteiger partial charge in [0.2, 0.25) is 5.91 Å². The lowest BCUT2D eigenvalue weighted by molar-refractivity contribution is -0.142. The number of amides is 2. The lowest BCUT2D eigenvalue weighted by atomic mass is 10.1. The Hall–Kier alpha value is -2.89. The highest BCUT2D eigenvalue weighted by atomic mass is 19.1. The molecule has 1 atom stereocenters. The van der Waals surface area contributed by atoms with Crippen LogP contribution in [0.25, 0.3) is 0 Å². The number of hydrogen-bond acceptors (Lipinski definition) is 3. The van der Waals surface area contributed by atoms with E-state index in [0.717, 1.165) is 11.1 Å². The summed E-state index contributed by atoms with van der Waals surface area (Å²) in [6.07, 6.45) is 0. The Bertz CT molecular complexity index is 795. The minimum atomic E-state index is -0.679. The van der Waals surface area contributed by atoms with Crippen LogP contribution < -0.4 is 10.1 Å². The molecule has 0 spiro atoms. The van der Waals surface area contributed by atoms with Crippen molar-refractivity contribution in [1.82, 2.24) is 10.2 Å². The SMILES string of the molecule is CCNC(=O)[C@H](C)N(Cc1cccc(C)c1)C(=O)COc1ccccc1F. The Morgan fingerprint density at radius 1 is 1.19 bits per heavy atom. The van der Waals surface area contributed by atoms with Gasteiger partial charge in [-0.15, -0.1) is 0 Å². The van der Waals surface area contributed by atoms with Crippen LogP contribution >= 0.6 is 0 Å². The zero-order valence-electron chi connectivity index (χ0n) is 15.9. The Morgan fingerprint density at radius 3 is 2.59 bits per heavy atom. The number of nitrogens with zero attached hydrogens (tertiary/aromatic N) is 1. The standard InChI is InChI=1S/C21H25FN2O3/c1-4-23-21(26)16(3)24(13-17-9-7-8-15(2)12-17)20(25)14-27-19-11-6-5-10-18(19)22/h5-12,16H,4,13-14H2,1-3H3,(H,23,26)/t16-/m0/s1. The highest BCUT2D eigenvalue weighted by Gasteiger charge is 2.26. The van der Waals surface area contributed by atoms with Crippen LogP contribution in [-0.2, 0) is 16.1 Å². The molecule has 0 bridgehead atoms. The van der Waals surface area contributed by atoms with Gasteiger partial charge < -0.3 is 15.0 Å². The van der Waals surface area contributed by atoms with Gasteiger partial charge in [-0.05, 0) is 38.5 Å². The van der Waals surface area contributed by atoms with Gasteiger partial charge in [-0.1, -0.05) is 42.0 Å². The molecule has 0 radical (unpaired) electrons. The number of likely N-dealkylation sites (N-methyl/N-ethyl adjacent to an activating group) is 1. The van der Waals surface area contributed by atoms with Gasteiger partial charge in [0.25, 0.3) is 5.91 Å². The third kappa shape index (κ3) is 5.81. The molecule has 0 heterocycles. The second kappa shape index (κ2) is 9.71. The van der Waals surface area contributed by atoms with Gasteiger partial charge in [-0.25, -0.2) is 4.39 Å². The molecular weight excluding hydrogens is 347 g/mol. The first-order valence-corrected chi connectivity index (χ1v) is 8.92. The molecule has 0 aliphatic carbocycles. The van der Waals surface area contributed by atoms with Gasteiger partial charge in [0.1, 0.15) is 6.04 Å². The molecule has 0 saturated heterocycles. The predicted molar refractivity (Wildman–Crippen MR) is 102 cm³/mol. The van der Waals surface area contributed by atoms with E-state index < -0.39 is 17.8 Å². The second-order valence-corrected chi connectivity index (χ2v) is 6.30. The topological polar surface area (TPSA) is 58.6 Å². The molecule has 0 aliphatic heterocycles. The quantitative estimate of drug-likeness (QED) is 0.775. The number of hydrogen-bond donors (Lipinski definition) is 1. The fourth-order valence-electron chi connectivity index (χ4n) is 2.70. The van der Waals surface area contributed by atoms with E-state index in [1.807, 2.05) is 38.1 Å². The second-order valence-electron chi connectivity index (χ2n) is 6.30. The zero-order valence-corrected chi connectivity index (χ0v) is 15.9. The highest BCUT2D eigenvalue weighted by molar-refractivity contribution is 5.87. The van der Waals surface area contributed by atoms with Crippen LogP contribution in [-0.4, -0.2) is 35.9 Å². The molecule has 0 aliphatic rings. The molecule has 5 nitrogen and oxygen atoms in total. The van der Waals surface area contributed by atoms with E-state index in [0.29, 0.717) is 6.54 Å². The molecule has 2 aromatic carbocycles. The van der Waals surface area contributed by atoms with Gasteiger partial charge in [0.15, 0.2) is 18.2 Å². The number of rotatable bonds is 8. The van der Waals surface area contributed by atoms with Crippen LogP contribution in [0.15, 0.2) is 48.5 Å². The van der Waals surface area contributed by atoms with E-state index in [1.165, 1.54) is 17.0 Å². The van der Waals surface area contributed by atoms with Crippen LogP contribution in [0.4, 0.5) is 4.39 Å². The number of benzene rings is 2. The molecule has 144 valence electrons. The molecule has 1 N–H and O–H groups in total. The molecule has 6 heteroatoms. The van der Waals surface area contributed by atoms with Crippen molar-refractivity contribution in [2.45, 2.75) is 33.4 Å². The van der Waals surface area contributed by atoms with Gasteiger partial charge in [-0.2, -0.15) is 0 Å². The molecule has 0 fully saturated rings. The maximum atomic E-state index is 13.7. The van der Waals surface area contributed by atoms with Gasteiger partial charge in [0.05, 0.1) is 0 Å². The average molecular weight is 372 g/mol. The number of nitrogens with one attached hydrogen (secondary N) is 1. The number of carbonyl (C=O) groups is 2. The zero-order chi connectivity index (χ0) is 19.8. The van der Waals surface area contributed by atoms with Gasteiger partial charge in [0, 0.05) is 13.1 Å². The maximum absolute atomic E-state index is 13.7. The summed E-state index contributed by atoms with van der Waals surface area (Å²) in [6, 6.07) is 12.9. The number of halogens is 1. The van der Waals surface area contributed by atoms with E-state index >= 15 is 0 Å². The fraction of sp³-hybridized carbons (Fsp3) is 0.333. The van der Waals surface area contributed by atoms with Crippen LogP contribution in [0, 0.1) is 12.7 Å². The van der Waals surface area contributed by atoms with E-state index in [2.05, 4.69) is 5.32 Å². The third-order valence-corrected chi connectivity index (χ3v) is 4.14. The summed E-state index contributed by atoms with van der Waals surface area (Å²) in [5.74, 6) is -1.16. The van der Waals surface area contributed by atoms with E-state index in [9.17, 15) is 14.0 Å². The van der Waals surface area contributed by atoms with Crippen molar-refractivity contribution in [2.75, 3.05) is 13.2 Å². The first-order valence-electron chi connectivity index (χ1n) is 8.92. The molecule has 0 aromatic heterocycles. The number of aryl methyl sites for hydroxylation is 1.